The first-order valence-electron chi connectivity index (χ1n) is 8.71. The van der Waals surface area contributed by atoms with Gasteiger partial charge in [0.15, 0.2) is 5.13 Å². The number of amides is 2. The van der Waals surface area contributed by atoms with Crippen LogP contribution in [-0.4, -0.2) is 23.3 Å². The van der Waals surface area contributed by atoms with Crippen LogP contribution in [0.2, 0.25) is 5.02 Å². The van der Waals surface area contributed by atoms with Gasteiger partial charge < -0.3 is 10.6 Å². The van der Waals surface area contributed by atoms with Crippen molar-refractivity contribution in [1.82, 2.24) is 10.3 Å². The van der Waals surface area contributed by atoms with E-state index in [0.717, 1.165) is 16.8 Å². The lowest BCUT2D eigenvalue weighted by Crippen LogP contribution is -2.32. The number of carbonyl (C=O) groups is 2. The summed E-state index contributed by atoms with van der Waals surface area (Å²) >= 11 is 7.34. The first-order chi connectivity index (χ1) is 13.3. The Labute approximate surface area is 172 Å². The second-order valence-electron chi connectivity index (χ2n) is 6.50. The predicted octanol–water partition coefficient (Wildman–Crippen LogP) is 4.76. The Morgan fingerprint density at radius 3 is 2.54 bits per heavy atom. The van der Waals surface area contributed by atoms with Crippen LogP contribution in [0, 0.1) is 20.8 Å². The van der Waals surface area contributed by atoms with Crippen molar-refractivity contribution in [3.8, 4) is 11.3 Å². The number of nitrogens with one attached hydrogen (secondary N) is 2. The molecule has 0 saturated heterocycles. The summed E-state index contributed by atoms with van der Waals surface area (Å²) in [6.07, 6.45) is 0. The highest BCUT2D eigenvalue weighted by atomic mass is 35.5. The van der Waals surface area contributed by atoms with Crippen LogP contribution in [0.3, 0.4) is 0 Å². The first-order valence-corrected chi connectivity index (χ1v) is 9.97. The lowest BCUT2D eigenvalue weighted by Gasteiger charge is -2.08. The van der Waals surface area contributed by atoms with Crippen molar-refractivity contribution in [1.29, 1.82) is 0 Å². The van der Waals surface area contributed by atoms with Gasteiger partial charge in [0.25, 0.3) is 5.91 Å². The van der Waals surface area contributed by atoms with Gasteiger partial charge in [-0.1, -0.05) is 29.8 Å². The summed E-state index contributed by atoms with van der Waals surface area (Å²) in [7, 11) is 0. The average Bonchev–Trinajstić information content (AvgIpc) is 3.11. The fraction of sp³-hybridized carbons (Fsp3) is 0.190. The molecule has 0 spiro atoms. The predicted molar refractivity (Wildman–Crippen MR) is 114 cm³/mol. The second kappa shape index (κ2) is 8.54. The number of aryl methyl sites for hydroxylation is 3. The SMILES string of the molecule is Cc1cc(C)c(-c2csc(NC(=O)CNC(=O)c3ccccc3Cl)n2)cc1C. The minimum Gasteiger partial charge on any atom is -0.343 e. The van der Waals surface area contributed by atoms with Crippen LogP contribution >= 0.6 is 22.9 Å². The van der Waals surface area contributed by atoms with Crippen LogP contribution < -0.4 is 10.6 Å². The number of hydrogen-bond donors (Lipinski definition) is 2. The van der Waals surface area contributed by atoms with Gasteiger partial charge in [0.1, 0.15) is 0 Å². The number of anilines is 1. The van der Waals surface area contributed by atoms with Gasteiger partial charge in [0.05, 0.1) is 22.8 Å². The molecule has 0 unspecified atom stereocenters. The molecule has 5 nitrogen and oxygen atoms in total. The molecule has 3 rings (SSSR count). The molecule has 0 radical (unpaired) electrons. The molecule has 1 heterocycles. The zero-order chi connectivity index (χ0) is 20.3. The zero-order valence-electron chi connectivity index (χ0n) is 15.8. The lowest BCUT2D eigenvalue weighted by molar-refractivity contribution is -0.115. The molecule has 0 fully saturated rings. The topological polar surface area (TPSA) is 71.1 Å². The van der Waals surface area contributed by atoms with E-state index in [4.69, 9.17) is 11.6 Å². The van der Waals surface area contributed by atoms with Crippen molar-refractivity contribution < 1.29 is 9.59 Å². The molecular weight excluding hydrogens is 394 g/mol. The highest BCUT2D eigenvalue weighted by Crippen LogP contribution is 2.29. The molecule has 0 bridgehead atoms. The average molecular weight is 414 g/mol. The standard InChI is InChI=1S/C21H20ClN3O2S/c1-12-8-14(3)16(9-13(12)2)18-11-28-21(24-18)25-19(26)10-23-20(27)15-6-4-5-7-17(15)22/h4-9,11H,10H2,1-3H3,(H,23,27)(H,24,25,26). The summed E-state index contributed by atoms with van der Waals surface area (Å²) in [4.78, 5) is 28.8. The van der Waals surface area contributed by atoms with E-state index in [-0.39, 0.29) is 12.5 Å². The fourth-order valence-corrected chi connectivity index (χ4v) is 3.70. The van der Waals surface area contributed by atoms with Crippen LogP contribution in [0.25, 0.3) is 11.3 Å². The molecule has 28 heavy (non-hydrogen) atoms. The first kappa shape index (κ1) is 20.0. The number of halogens is 1. The van der Waals surface area contributed by atoms with Crippen molar-refractivity contribution in [2.24, 2.45) is 0 Å². The third-order valence-electron chi connectivity index (χ3n) is 4.40. The minimum absolute atomic E-state index is 0.165. The molecule has 2 amide bonds. The third kappa shape index (κ3) is 4.58. The van der Waals surface area contributed by atoms with E-state index in [9.17, 15) is 9.59 Å². The van der Waals surface area contributed by atoms with E-state index in [0.29, 0.717) is 15.7 Å². The number of nitrogens with zero attached hydrogens (tertiary/aromatic N) is 1. The highest BCUT2D eigenvalue weighted by molar-refractivity contribution is 7.14. The fourth-order valence-electron chi connectivity index (χ4n) is 2.76. The van der Waals surface area contributed by atoms with Crippen LogP contribution in [-0.2, 0) is 4.79 Å². The Morgan fingerprint density at radius 1 is 1.07 bits per heavy atom. The summed E-state index contributed by atoms with van der Waals surface area (Å²) in [6, 6.07) is 10.9. The monoisotopic (exact) mass is 413 g/mol. The Hall–Kier alpha value is -2.70. The number of hydrogen-bond acceptors (Lipinski definition) is 4. The second-order valence-corrected chi connectivity index (χ2v) is 7.77. The van der Waals surface area contributed by atoms with Gasteiger partial charge in [-0.2, -0.15) is 0 Å². The Balaban J connectivity index is 1.62. The summed E-state index contributed by atoms with van der Waals surface area (Å²) in [5.41, 5.74) is 5.77. The Morgan fingerprint density at radius 2 is 1.79 bits per heavy atom. The zero-order valence-corrected chi connectivity index (χ0v) is 17.4. The van der Waals surface area contributed by atoms with E-state index in [1.807, 2.05) is 12.3 Å². The van der Waals surface area contributed by atoms with E-state index < -0.39 is 5.91 Å². The van der Waals surface area contributed by atoms with Crippen molar-refractivity contribution >= 4 is 39.9 Å². The van der Waals surface area contributed by atoms with Crippen LogP contribution in [0.15, 0.2) is 41.8 Å². The summed E-state index contributed by atoms with van der Waals surface area (Å²) in [5.74, 6) is -0.746. The molecule has 7 heteroatoms. The maximum atomic E-state index is 12.2. The number of carbonyl (C=O) groups excluding carboxylic acids is 2. The molecule has 0 aliphatic heterocycles. The molecule has 0 saturated carbocycles. The number of thiazole rings is 1. The van der Waals surface area contributed by atoms with Crippen LogP contribution in [0.4, 0.5) is 5.13 Å². The van der Waals surface area contributed by atoms with Crippen LogP contribution in [0.5, 0.6) is 0 Å². The van der Waals surface area contributed by atoms with Crippen molar-refractivity contribution in [3.63, 3.8) is 0 Å². The van der Waals surface area contributed by atoms with E-state index >= 15 is 0 Å². The van der Waals surface area contributed by atoms with Crippen LogP contribution in [0.1, 0.15) is 27.0 Å². The Kier molecular flexibility index (Phi) is 6.11. The van der Waals surface area contributed by atoms with Gasteiger partial charge in [0, 0.05) is 10.9 Å². The molecule has 0 atom stereocenters. The van der Waals surface area contributed by atoms with Crippen molar-refractivity contribution in [2.45, 2.75) is 20.8 Å². The Bertz CT molecular complexity index is 1050. The molecule has 2 aromatic carbocycles. The molecule has 0 aliphatic carbocycles. The van der Waals surface area contributed by atoms with Gasteiger partial charge in [0.2, 0.25) is 5.91 Å². The van der Waals surface area contributed by atoms with E-state index in [1.165, 1.54) is 22.5 Å². The van der Waals surface area contributed by atoms with Gasteiger partial charge in [-0.15, -0.1) is 11.3 Å². The third-order valence-corrected chi connectivity index (χ3v) is 5.48. The maximum Gasteiger partial charge on any atom is 0.253 e. The molecule has 144 valence electrons. The highest BCUT2D eigenvalue weighted by Gasteiger charge is 2.13. The quantitative estimate of drug-likeness (QED) is 0.633. The van der Waals surface area contributed by atoms with Gasteiger partial charge >= 0.3 is 0 Å². The maximum absolute atomic E-state index is 12.2. The van der Waals surface area contributed by atoms with Gasteiger partial charge in [-0.3, -0.25) is 9.59 Å². The van der Waals surface area contributed by atoms with E-state index in [2.05, 4.69) is 41.6 Å². The van der Waals surface area contributed by atoms with Gasteiger partial charge in [-0.05, 0) is 55.7 Å². The van der Waals surface area contributed by atoms with Crippen molar-refractivity contribution in [2.75, 3.05) is 11.9 Å². The molecule has 0 aliphatic rings. The minimum atomic E-state index is -0.397. The molecule has 2 N–H and O–H groups in total. The summed E-state index contributed by atoms with van der Waals surface area (Å²) in [5, 5.41) is 8.03. The molecular formula is C21H20ClN3O2S. The normalized spacial score (nSPS) is 10.6. The number of rotatable bonds is 5. The molecule has 3 aromatic rings. The van der Waals surface area contributed by atoms with Crippen molar-refractivity contribution in [3.05, 3.63) is 69.1 Å². The largest absolute Gasteiger partial charge is 0.343 e. The summed E-state index contributed by atoms with van der Waals surface area (Å²) < 4.78 is 0. The van der Waals surface area contributed by atoms with E-state index in [1.54, 1.807) is 24.3 Å². The smallest absolute Gasteiger partial charge is 0.253 e. The number of benzene rings is 2. The number of aromatic nitrogens is 1. The molecule has 1 aromatic heterocycles. The van der Waals surface area contributed by atoms with Gasteiger partial charge in [-0.25, -0.2) is 4.98 Å². The summed E-state index contributed by atoms with van der Waals surface area (Å²) in [6.45, 7) is 6.02. The lowest BCUT2D eigenvalue weighted by atomic mass is 9.99.